The number of aryl methyl sites for hydroxylation is 2. The molecule has 12 aromatic rings. The topological polar surface area (TPSA) is 287 Å². The number of aromatic nitrogens is 7. The minimum Gasteiger partial charge on any atom is -0.481 e. The number of ether oxygens (including phenoxy) is 1. The highest BCUT2D eigenvalue weighted by Gasteiger charge is 2.32. The number of β-amino-alcohol motifs (C(OH)–C–C–N with tert-alkyl or cyclic N) is 1. The Labute approximate surface area is 724 Å². The summed E-state index contributed by atoms with van der Waals surface area (Å²) in [6.07, 6.45) is 9.74. The lowest BCUT2D eigenvalue weighted by atomic mass is 10.0. The number of hydrogen-bond donors (Lipinski definition) is 4. The van der Waals surface area contributed by atoms with E-state index in [9.17, 15) is 39.0 Å². The van der Waals surface area contributed by atoms with Crippen LogP contribution in [0.15, 0.2) is 155 Å². The number of likely N-dealkylation sites (tertiary alicyclic amines) is 3. The maximum absolute atomic E-state index is 13.5. The Balaban J connectivity index is 0.000000140. The quantitative estimate of drug-likeness (QED) is 0.0384. The molecule has 26 nitrogen and oxygen atoms in total. The molecule has 0 unspecified atom stereocenters. The second kappa shape index (κ2) is 39.7. The number of Topliss-reactive ketones (excluding diaryl/α,β-unsaturated/α-hetero) is 4. The van der Waals surface area contributed by atoms with Gasteiger partial charge in [0.15, 0.2) is 45.9 Å². The van der Waals surface area contributed by atoms with Crippen molar-refractivity contribution in [3.8, 4) is 22.7 Å². The molecule has 5 N–H and O–H groups in total. The van der Waals surface area contributed by atoms with Crippen LogP contribution in [0.3, 0.4) is 0 Å². The number of fused-ring (bicyclic) bond motifs is 4. The van der Waals surface area contributed by atoms with E-state index in [1.54, 1.807) is 60.9 Å². The first-order valence-corrected chi connectivity index (χ1v) is 42.3. The van der Waals surface area contributed by atoms with Crippen LogP contribution in [0, 0.1) is 60.9 Å². The monoisotopic (exact) mass is 1760 g/mol. The molecular weight excluding hydrogens is 1670 g/mol. The number of piperidine rings is 3. The van der Waals surface area contributed by atoms with Crippen molar-refractivity contribution in [1.82, 2.24) is 52.8 Å². The molecule has 4 saturated heterocycles. The molecule has 5 aromatic carbocycles. The Hall–Kier alpha value is -12.0. The van der Waals surface area contributed by atoms with E-state index in [-0.39, 0.29) is 49.1 Å². The minimum absolute atomic E-state index is 0.0220. The van der Waals surface area contributed by atoms with Crippen molar-refractivity contribution in [3.05, 3.63) is 262 Å². The molecule has 0 aliphatic carbocycles. The van der Waals surface area contributed by atoms with Crippen LogP contribution in [0.5, 0.6) is 0 Å². The lowest BCUT2D eigenvalue weighted by Gasteiger charge is -2.32. The first-order chi connectivity index (χ1) is 58.8. The van der Waals surface area contributed by atoms with Gasteiger partial charge in [-0.3, -0.25) is 63.3 Å². The summed E-state index contributed by atoms with van der Waals surface area (Å²) in [6, 6.07) is 40.8. The predicted molar refractivity (Wildman–Crippen MR) is 478 cm³/mol. The summed E-state index contributed by atoms with van der Waals surface area (Å²) >= 11 is 6.95. The van der Waals surface area contributed by atoms with Gasteiger partial charge < -0.3 is 44.1 Å². The molecule has 4 aliphatic rings. The van der Waals surface area contributed by atoms with E-state index in [4.69, 9.17) is 46.8 Å². The normalized spacial score (nSPS) is 15.8. The molecule has 0 bridgehead atoms. The highest BCUT2D eigenvalue weighted by Crippen LogP contribution is 2.38. The Bertz CT molecular complexity index is 6140. The molecule has 122 heavy (non-hydrogen) atoms. The summed E-state index contributed by atoms with van der Waals surface area (Å²) in [5, 5.41) is 29.7. The van der Waals surface area contributed by atoms with Gasteiger partial charge in [0.25, 0.3) is 0 Å². The zero-order valence-electron chi connectivity index (χ0n) is 68.7. The van der Waals surface area contributed by atoms with Crippen molar-refractivity contribution >= 4 is 134 Å². The molecule has 0 radical (unpaired) electrons. The van der Waals surface area contributed by atoms with Crippen LogP contribution in [0.4, 0.5) is 22.7 Å². The third-order valence-corrected chi connectivity index (χ3v) is 23.8. The molecule has 4 aliphatic heterocycles. The lowest BCUT2D eigenvalue weighted by Crippen LogP contribution is -2.48. The van der Waals surface area contributed by atoms with Crippen molar-refractivity contribution < 1.29 is 48.8 Å². The number of hydrogen-bond acceptors (Lipinski definition) is 16. The number of carboxylic acid groups (broad SMARTS) is 1. The third kappa shape index (κ3) is 19.9. The zero-order valence-corrected chi connectivity index (χ0v) is 71.9. The van der Waals surface area contributed by atoms with Gasteiger partial charge in [-0.2, -0.15) is 0 Å². The molecule has 4 fully saturated rings. The van der Waals surface area contributed by atoms with Crippen molar-refractivity contribution in [2.75, 3.05) is 91.8 Å². The number of rotatable bonds is 21. The number of ketones is 4. The number of carbonyl (C=O) groups is 6. The summed E-state index contributed by atoms with van der Waals surface area (Å²) in [6.45, 7) is 47.1. The highest BCUT2D eigenvalue weighted by atomic mass is 79.9. The number of pyridine rings is 3. The molecule has 0 spiro atoms. The Morgan fingerprint density at radius 3 is 1.24 bits per heavy atom. The predicted octanol–water partition coefficient (Wildman–Crippen LogP) is 16.5. The van der Waals surface area contributed by atoms with Crippen molar-refractivity contribution in [2.45, 2.75) is 111 Å². The lowest BCUT2D eigenvalue weighted by molar-refractivity contribution is -0.137. The number of morpholine rings is 1. The molecule has 1 amide bonds. The molecular formula is C94H94Br2N16O10. The van der Waals surface area contributed by atoms with Crippen LogP contribution in [-0.2, 0) is 27.2 Å². The third-order valence-electron chi connectivity index (χ3n) is 22.9. The van der Waals surface area contributed by atoms with Crippen molar-refractivity contribution in [3.63, 3.8) is 0 Å². The van der Waals surface area contributed by atoms with E-state index in [1.165, 1.54) is 12.8 Å². The number of nitrogens with two attached hydrogens (primary N) is 1. The fourth-order valence-corrected chi connectivity index (χ4v) is 17.5. The van der Waals surface area contributed by atoms with Gasteiger partial charge in [0.2, 0.25) is 5.91 Å². The number of aliphatic carboxylic acids is 1. The smallest absolute Gasteiger partial charge is 0.303 e. The number of amides is 1. The van der Waals surface area contributed by atoms with E-state index in [2.05, 4.69) is 75.9 Å². The van der Waals surface area contributed by atoms with E-state index >= 15 is 0 Å². The Morgan fingerprint density at radius 2 is 0.836 bits per heavy atom. The molecule has 624 valence electrons. The number of aliphatic hydroxyl groups excluding tert-OH is 2. The molecule has 7 aromatic heterocycles. The summed E-state index contributed by atoms with van der Waals surface area (Å²) in [4.78, 5) is 112. The van der Waals surface area contributed by atoms with Gasteiger partial charge in [0.1, 0.15) is 0 Å². The number of carbonyl (C=O) groups excluding carboxylic acids is 5. The Morgan fingerprint density at radius 1 is 0.459 bits per heavy atom. The number of aliphatic hydroxyl groups is 2. The summed E-state index contributed by atoms with van der Waals surface area (Å²) < 4.78 is 15.1. The van der Waals surface area contributed by atoms with Crippen LogP contribution >= 0.6 is 31.9 Å². The summed E-state index contributed by atoms with van der Waals surface area (Å²) in [5.41, 5.74) is 24.7. The van der Waals surface area contributed by atoms with Gasteiger partial charge in [0, 0.05) is 116 Å². The second-order valence-electron chi connectivity index (χ2n) is 31.1. The number of benzene rings is 5. The van der Waals surface area contributed by atoms with Crippen LogP contribution < -0.4 is 5.73 Å². The van der Waals surface area contributed by atoms with Crippen LogP contribution in [0.1, 0.15) is 132 Å². The molecule has 11 heterocycles. The maximum atomic E-state index is 13.5. The second-order valence-corrected chi connectivity index (χ2v) is 33.0. The van der Waals surface area contributed by atoms with Gasteiger partial charge in [-0.25, -0.2) is 19.4 Å². The number of halogens is 2. The van der Waals surface area contributed by atoms with E-state index in [1.807, 2.05) is 143 Å². The molecule has 16 rings (SSSR count). The minimum atomic E-state index is -0.854. The molecule has 28 heteroatoms. The average molecular weight is 1770 g/mol. The van der Waals surface area contributed by atoms with Crippen LogP contribution in [-0.4, -0.2) is 207 Å². The fraction of sp³-hybridized carbons (Fsp3) is 0.330. The Kier molecular flexibility index (Phi) is 28.5. The van der Waals surface area contributed by atoms with Crippen molar-refractivity contribution in [2.24, 2.45) is 5.73 Å². The maximum Gasteiger partial charge on any atom is 0.303 e. The number of primary amides is 1. The van der Waals surface area contributed by atoms with E-state index in [0.29, 0.717) is 108 Å². The van der Waals surface area contributed by atoms with Crippen LogP contribution in [0.2, 0.25) is 0 Å². The summed E-state index contributed by atoms with van der Waals surface area (Å²) in [7, 11) is 0. The van der Waals surface area contributed by atoms with E-state index < -0.39 is 24.1 Å². The van der Waals surface area contributed by atoms with Crippen molar-refractivity contribution in [1.29, 1.82) is 0 Å². The van der Waals surface area contributed by atoms with E-state index in [0.717, 1.165) is 169 Å². The average Bonchev–Trinajstić information content (AvgIpc) is 1.62. The highest BCUT2D eigenvalue weighted by molar-refractivity contribution is 9.10. The van der Waals surface area contributed by atoms with Gasteiger partial charge in [-0.1, -0.05) is 73.5 Å². The largest absolute Gasteiger partial charge is 0.481 e. The number of carboxylic acids is 1. The summed E-state index contributed by atoms with van der Waals surface area (Å²) in [5.74, 6) is -1.09. The van der Waals surface area contributed by atoms with Crippen LogP contribution in [0.25, 0.3) is 86.1 Å². The standard InChI is InChI=1S/C26H28N4O3.C25H26N4O2.C22H21BrN4O3.C21H19BrN4O2/c1-17-19(7-12-24(32)33)15-22-26(28-17)25(23(31)16-29-13-5-4-6-14-29)18(2)30(22)21-10-8-20(27-3)9-11-21;1-17-25(23(30)16-28-12-4-3-5-13-28)21-11-6-18(15-24(26)31)14-22(21)29(17)20-9-7-19(27-2)8-10-20;1-13-21(20(30)12-26-8-7-18(28)19(29)11-26)22-17(9-14(23)10-25-22)27(13)16-5-3-15(24-2)4-6-16;1-14-20(19(27)13-25-7-9-28-10-8-25)21-18(11-15(22)12-24-21)26(14)17-5-3-16(23-2)4-6-17/h8-11,15H,4-7,12-14,16H2,1-2H3,(H,32,33);6-11,14H,3-5,12-13,15-16H2,1H3,(H2,26,31);3-6,9-10,18-19,28-29H,7-8,11-12H2,1H3;3-6,11-12H,7-10,13H2,1H3/t;;18-,19-;/m..0./s1. The van der Waals surface area contributed by atoms with Gasteiger partial charge in [0.05, 0.1) is 140 Å². The first-order valence-electron chi connectivity index (χ1n) is 40.7. The van der Waals surface area contributed by atoms with Gasteiger partial charge in [-0.05, 0) is 215 Å². The fourth-order valence-electron chi connectivity index (χ4n) is 16.9. The first kappa shape index (κ1) is 87.8. The van der Waals surface area contributed by atoms with Gasteiger partial charge in [-0.15, -0.1) is 0 Å². The number of nitrogens with zero attached hydrogens (tertiary/aromatic N) is 15. The molecule has 0 saturated carbocycles. The molecule has 2 atom stereocenters. The zero-order chi connectivity index (χ0) is 86.6. The van der Waals surface area contributed by atoms with Gasteiger partial charge >= 0.3 is 5.97 Å². The SMILES string of the molecule is [C-]#[N+]c1ccc(-n2c(C)c(C(=O)CN3CCCCC3)c3ccc(CC(N)=O)cc32)cc1.[C-]#[N+]c1ccc(-n2c(C)c(C(=O)CN3CCCCC3)c3nc(C)c(CCC(=O)O)cc32)cc1.[C-]#[N+]c1ccc(-n2c(C)c(C(=O)CN3CCOCC3)c3ncc(Br)cc32)cc1.[C-]#[N+]c1ccc(-n2c(C)c(C(=O)CN3CC[C@H](O)[C@@H](O)C3)c3ncc(Br)cc32)cc1.